The molecule has 0 aliphatic carbocycles. The quantitative estimate of drug-likeness (QED) is 0.320. The molecule has 0 aromatic heterocycles. The van der Waals surface area contributed by atoms with Crippen LogP contribution in [0.2, 0.25) is 0 Å². The van der Waals surface area contributed by atoms with Crippen molar-refractivity contribution in [2.45, 2.75) is 11.3 Å². The van der Waals surface area contributed by atoms with E-state index in [4.69, 9.17) is 4.74 Å². The van der Waals surface area contributed by atoms with Crippen molar-refractivity contribution >= 4 is 17.7 Å². The first kappa shape index (κ1) is 21.4. The number of rotatable bonds is 6. The molecule has 0 radical (unpaired) electrons. The predicted molar refractivity (Wildman–Crippen MR) is 135 cm³/mol. The SMILES string of the molecule is O=C(C(c1ccccc1)c1ccccc1)N1CCSC1c1cccc(Oc2ccccc2)c1. The zero-order chi connectivity index (χ0) is 22.5. The third-order valence-corrected chi connectivity index (χ3v) is 7.07. The predicted octanol–water partition coefficient (Wildman–Crippen LogP) is 6.89. The summed E-state index contributed by atoms with van der Waals surface area (Å²) in [6.45, 7) is 0.730. The molecule has 164 valence electrons. The van der Waals surface area contributed by atoms with Gasteiger partial charge in [0.2, 0.25) is 5.91 Å². The highest BCUT2D eigenvalue weighted by atomic mass is 32.2. The number of para-hydroxylation sites is 1. The molecule has 1 unspecified atom stereocenters. The van der Waals surface area contributed by atoms with E-state index in [2.05, 4.69) is 12.1 Å². The first-order valence-electron chi connectivity index (χ1n) is 11.1. The van der Waals surface area contributed by atoms with Gasteiger partial charge in [-0.1, -0.05) is 91.0 Å². The molecule has 0 N–H and O–H groups in total. The smallest absolute Gasteiger partial charge is 0.235 e. The van der Waals surface area contributed by atoms with Gasteiger partial charge in [0, 0.05) is 12.3 Å². The molecule has 1 saturated heterocycles. The maximum atomic E-state index is 14.0. The van der Waals surface area contributed by atoms with E-state index >= 15 is 0 Å². The van der Waals surface area contributed by atoms with Crippen LogP contribution in [0.1, 0.15) is 28.0 Å². The maximum absolute atomic E-state index is 14.0. The number of hydrogen-bond donors (Lipinski definition) is 0. The number of thioether (sulfide) groups is 1. The van der Waals surface area contributed by atoms with Crippen LogP contribution in [0.25, 0.3) is 0 Å². The van der Waals surface area contributed by atoms with Crippen molar-refractivity contribution in [2.75, 3.05) is 12.3 Å². The lowest BCUT2D eigenvalue weighted by Crippen LogP contribution is -2.35. The molecule has 5 rings (SSSR count). The van der Waals surface area contributed by atoms with E-state index in [0.29, 0.717) is 0 Å². The summed E-state index contributed by atoms with van der Waals surface area (Å²) in [6, 6.07) is 38.0. The van der Waals surface area contributed by atoms with Gasteiger partial charge in [-0.3, -0.25) is 4.79 Å². The molecule has 33 heavy (non-hydrogen) atoms. The summed E-state index contributed by atoms with van der Waals surface area (Å²) in [5.74, 6) is 2.31. The third kappa shape index (κ3) is 4.81. The molecule has 1 amide bonds. The monoisotopic (exact) mass is 451 g/mol. The Labute approximate surface area is 199 Å². The molecule has 4 heteroatoms. The summed E-state index contributed by atoms with van der Waals surface area (Å²) in [5.41, 5.74) is 3.12. The Hall–Kier alpha value is -3.50. The minimum atomic E-state index is -0.322. The number of benzene rings is 4. The highest BCUT2D eigenvalue weighted by Gasteiger charge is 2.36. The lowest BCUT2D eigenvalue weighted by atomic mass is 9.90. The van der Waals surface area contributed by atoms with Crippen molar-refractivity contribution in [3.63, 3.8) is 0 Å². The Balaban J connectivity index is 1.44. The first-order valence-corrected chi connectivity index (χ1v) is 12.2. The lowest BCUT2D eigenvalue weighted by Gasteiger charge is -2.29. The molecule has 1 heterocycles. The van der Waals surface area contributed by atoms with Crippen LogP contribution in [-0.4, -0.2) is 23.1 Å². The summed E-state index contributed by atoms with van der Waals surface area (Å²) in [7, 11) is 0. The van der Waals surface area contributed by atoms with Gasteiger partial charge in [0.25, 0.3) is 0 Å². The van der Waals surface area contributed by atoms with Crippen LogP contribution in [0, 0.1) is 0 Å². The molecular weight excluding hydrogens is 426 g/mol. The lowest BCUT2D eigenvalue weighted by molar-refractivity contribution is -0.132. The van der Waals surface area contributed by atoms with Crippen molar-refractivity contribution in [1.82, 2.24) is 4.90 Å². The van der Waals surface area contributed by atoms with Gasteiger partial charge < -0.3 is 9.64 Å². The van der Waals surface area contributed by atoms with E-state index in [1.807, 2.05) is 108 Å². The minimum absolute atomic E-state index is 0.0354. The Bertz CT molecular complexity index is 1160. The summed E-state index contributed by atoms with van der Waals surface area (Å²) in [5, 5.41) is -0.0354. The van der Waals surface area contributed by atoms with E-state index < -0.39 is 0 Å². The van der Waals surface area contributed by atoms with E-state index in [-0.39, 0.29) is 17.2 Å². The molecule has 4 aromatic carbocycles. The highest BCUT2D eigenvalue weighted by molar-refractivity contribution is 7.99. The number of hydrogen-bond acceptors (Lipinski definition) is 3. The standard InChI is InChI=1S/C29H25NO2S/c31-28(27(22-11-4-1-5-12-22)23-13-6-2-7-14-23)30-19-20-33-29(30)24-15-10-18-26(21-24)32-25-16-8-3-9-17-25/h1-18,21,27,29H,19-20H2. The number of carbonyl (C=O) groups is 1. The Morgan fingerprint density at radius 3 is 1.97 bits per heavy atom. The molecule has 1 fully saturated rings. The fourth-order valence-corrected chi connectivity index (χ4v) is 5.52. The molecule has 1 atom stereocenters. The second-order valence-corrected chi connectivity index (χ2v) is 9.18. The molecule has 3 nitrogen and oxygen atoms in total. The van der Waals surface area contributed by atoms with Crippen LogP contribution >= 0.6 is 11.8 Å². The topological polar surface area (TPSA) is 29.5 Å². The van der Waals surface area contributed by atoms with Crippen molar-refractivity contribution in [2.24, 2.45) is 0 Å². The normalized spacial score (nSPS) is 15.5. The van der Waals surface area contributed by atoms with Gasteiger partial charge in [-0.15, -0.1) is 11.8 Å². The number of carbonyl (C=O) groups excluding carboxylic acids is 1. The summed E-state index contributed by atoms with van der Waals surface area (Å²) < 4.78 is 6.05. The molecule has 0 saturated carbocycles. The van der Waals surface area contributed by atoms with Gasteiger partial charge in [0.05, 0.1) is 5.92 Å². The largest absolute Gasteiger partial charge is 0.457 e. The highest BCUT2D eigenvalue weighted by Crippen LogP contribution is 2.42. The molecule has 4 aromatic rings. The second kappa shape index (κ2) is 9.97. The Morgan fingerprint density at radius 2 is 1.33 bits per heavy atom. The molecule has 0 bridgehead atoms. The first-order chi connectivity index (χ1) is 16.3. The summed E-state index contributed by atoms with van der Waals surface area (Å²) in [4.78, 5) is 16.0. The third-order valence-electron chi connectivity index (χ3n) is 5.81. The second-order valence-electron chi connectivity index (χ2n) is 8.00. The molecule has 1 aliphatic rings. The maximum Gasteiger partial charge on any atom is 0.235 e. The van der Waals surface area contributed by atoms with Gasteiger partial charge in [0.1, 0.15) is 16.9 Å². The van der Waals surface area contributed by atoms with Crippen molar-refractivity contribution in [3.8, 4) is 11.5 Å². The summed E-state index contributed by atoms with van der Waals surface area (Å²) in [6.07, 6.45) is 0. The Morgan fingerprint density at radius 1 is 0.758 bits per heavy atom. The zero-order valence-electron chi connectivity index (χ0n) is 18.2. The number of amides is 1. The number of nitrogens with zero attached hydrogens (tertiary/aromatic N) is 1. The van der Waals surface area contributed by atoms with Crippen LogP contribution in [0.4, 0.5) is 0 Å². The van der Waals surface area contributed by atoms with E-state index in [0.717, 1.165) is 40.5 Å². The van der Waals surface area contributed by atoms with E-state index in [1.54, 1.807) is 11.8 Å². The van der Waals surface area contributed by atoms with E-state index in [1.165, 1.54) is 0 Å². The van der Waals surface area contributed by atoms with Crippen LogP contribution in [0.5, 0.6) is 11.5 Å². The minimum Gasteiger partial charge on any atom is -0.457 e. The fourth-order valence-electron chi connectivity index (χ4n) is 4.26. The molecule has 0 spiro atoms. The average Bonchev–Trinajstić information content (AvgIpc) is 3.37. The van der Waals surface area contributed by atoms with E-state index in [9.17, 15) is 4.79 Å². The van der Waals surface area contributed by atoms with Crippen molar-refractivity contribution in [1.29, 1.82) is 0 Å². The van der Waals surface area contributed by atoms with Crippen LogP contribution in [-0.2, 0) is 4.79 Å². The molecule has 1 aliphatic heterocycles. The van der Waals surface area contributed by atoms with Crippen molar-refractivity contribution in [3.05, 3.63) is 132 Å². The summed E-state index contributed by atoms with van der Waals surface area (Å²) >= 11 is 1.80. The zero-order valence-corrected chi connectivity index (χ0v) is 19.0. The van der Waals surface area contributed by atoms with Gasteiger partial charge >= 0.3 is 0 Å². The average molecular weight is 452 g/mol. The van der Waals surface area contributed by atoms with Gasteiger partial charge in [-0.25, -0.2) is 0 Å². The van der Waals surface area contributed by atoms with Gasteiger partial charge in [-0.05, 0) is 41.0 Å². The number of ether oxygens (including phenoxy) is 1. The Kier molecular flexibility index (Phi) is 6.45. The van der Waals surface area contributed by atoms with Crippen LogP contribution in [0.15, 0.2) is 115 Å². The van der Waals surface area contributed by atoms with Crippen LogP contribution in [0.3, 0.4) is 0 Å². The van der Waals surface area contributed by atoms with Crippen molar-refractivity contribution < 1.29 is 9.53 Å². The van der Waals surface area contributed by atoms with Crippen LogP contribution < -0.4 is 4.74 Å². The molecular formula is C29H25NO2S. The van der Waals surface area contributed by atoms with Gasteiger partial charge in [0.15, 0.2) is 0 Å². The fraction of sp³-hybridized carbons (Fsp3) is 0.138. The van der Waals surface area contributed by atoms with Gasteiger partial charge in [-0.2, -0.15) is 0 Å².